The van der Waals surface area contributed by atoms with Gasteiger partial charge in [-0.3, -0.25) is 0 Å². The Morgan fingerprint density at radius 2 is 2.27 bits per heavy atom. The lowest BCUT2D eigenvalue weighted by Gasteiger charge is -2.26. The van der Waals surface area contributed by atoms with Gasteiger partial charge >= 0.3 is 0 Å². The molecular weight excluding hydrogens is 194 g/mol. The van der Waals surface area contributed by atoms with Gasteiger partial charge in [-0.05, 0) is 24.0 Å². The van der Waals surface area contributed by atoms with Gasteiger partial charge in [0.05, 0.1) is 7.05 Å². The number of hydrogen-bond donors (Lipinski definition) is 1. The van der Waals surface area contributed by atoms with Gasteiger partial charge in [0, 0.05) is 25.7 Å². The van der Waals surface area contributed by atoms with Crippen molar-refractivity contribution >= 4 is 0 Å². The molecule has 0 saturated carbocycles. The zero-order chi connectivity index (χ0) is 10.7. The Hall–Kier alpha value is -1.01. The zero-order valence-electron chi connectivity index (χ0n) is 8.96. The SMILES string of the molecule is Cn1nnc(CC(N)C2CCOCC2)n1. The lowest BCUT2D eigenvalue weighted by molar-refractivity contribution is 0.0582. The summed E-state index contributed by atoms with van der Waals surface area (Å²) in [6.07, 6.45) is 2.79. The van der Waals surface area contributed by atoms with Crippen LogP contribution >= 0.6 is 0 Å². The molecule has 0 aliphatic carbocycles. The summed E-state index contributed by atoms with van der Waals surface area (Å²) in [5, 5.41) is 11.9. The summed E-state index contributed by atoms with van der Waals surface area (Å²) in [5.74, 6) is 1.26. The van der Waals surface area contributed by atoms with E-state index in [2.05, 4.69) is 15.4 Å². The molecule has 1 fully saturated rings. The fourth-order valence-corrected chi connectivity index (χ4v) is 1.93. The summed E-state index contributed by atoms with van der Waals surface area (Å²) in [4.78, 5) is 1.46. The fraction of sp³-hybridized carbons (Fsp3) is 0.889. The molecule has 0 bridgehead atoms. The first-order valence-corrected chi connectivity index (χ1v) is 5.32. The molecule has 1 aromatic heterocycles. The van der Waals surface area contributed by atoms with Crippen molar-refractivity contribution in [2.45, 2.75) is 25.3 Å². The van der Waals surface area contributed by atoms with E-state index in [0.29, 0.717) is 12.3 Å². The molecule has 0 aromatic carbocycles. The van der Waals surface area contributed by atoms with Crippen molar-refractivity contribution in [3.8, 4) is 0 Å². The molecule has 15 heavy (non-hydrogen) atoms. The van der Waals surface area contributed by atoms with Gasteiger partial charge in [-0.25, -0.2) is 0 Å². The van der Waals surface area contributed by atoms with Gasteiger partial charge in [0.15, 0.2) is 5.82 Å². The molecule has 6 heteroatoms. The Morgan fingerprint density at radius 3 is 2.87 bits per heavy atom. The van der Waals surface area contributed by atoms with E-state index in [1.54, 1.807) is 7.05 Å². The minimum Gasteiger partial charge on any atom is -0.381 e. The largest absolute Gasteiger partial charge is 0.381 e. The summed E-state index contributed by atoms with van der Waals surface area (Å²) in [6.45, 7) is 1.65. The first kappa shape index (κ1) is 10.5. The highest BCUT2D eigenvalue weighted by molar-refractivity contribution is 4.87. The predicted octanol–water partition coefficient (Wildman–Crippen LogP) is -0.493. The Labute approximate surface area is 88.8 Å². The van der Waals surface area contributed by atoms with Gasteiger partial charge in [-0.1, -0.05) is 0 Å². The third-order valence-corrected chi connectivity index (χ3v) is 2.84. The van der Waals surface area contributed by atoms with E-state index in [0.717, 1.165) is 31.9 Å². The number of hydrogen-bond acceptors (Lipinski definition) is 5. The molecule has 6 nitrogen and oxygen atoms in total. The summed E-state index contributed by atoms with van der Waals surface area (Å²) in [7, 11) is 1.76. The minimum absolute atomic E-state index is 0.123. The second-order valence-corrected chi connectivity index (χ2v) is 4.01. The van der Waals surface area contributed by atoms with Crippen LogP contribution in [0, 0.1) is 5.92 Å². The molecule has 1 aliphatic rings. The maximum absolute atomic E-state index is 6.12. The molecule has 1 saturated heterocycles. The average Bonchev–Trinajstić information content (AvgIpc) is 2.65. The molecule has 1 atom stereocenters. The van der Waals surface area contributed by atoms with Crippen LogP contribution in [0.3, 0.4) is 0 Å². The summed E-state index contributed by atoms with van der Waals surface area (Å²) < 4.78 is 5.30. The highest BCUT2D eigenvalue weighted by atomic mass is 16.5. The Balaban J connectivity index is 1.88. The second-order valence-electron chi connectivity index (χ2n) is 4.01. The van der Waals surface area contributed by atoms with E-state index in [9.17, 15) is 0 Å². The van der Waals surface area contributed by atoms with Gasteiger partial charge in [-0.15, -0.1) is 10.2 Å². The maximum Gasteiger partial charge on any atom is 0.176 e. The van der Waals surface area contributed by atoms with Crippen LogP contribution in [0.2, 0.25) is 0 Å². The molecule has 2 heterocycles. The fourth-order valence-electron chi connectivity index (χ4n) is 1.93. The third kappa shape index (κ3) is 2.73. The van der Waals surface area contributed by atoms with Crippen molar-refractivity contribution < 1.29 is 4.74 Å². The summed E-state index contributed by atoms with van der Waals surface area (Å²) >= 11 is 0. The van der Waals surface area contributed by atoms with E-state index in [1.165, 1.54) is 4.80 Å². The molecule has 0 spiro atoms. The van der Waals surface area contributed by atoms with Crippen LogP contribution in [0.25, 0.3) is 0 Å². The van der Waals surface area contributed by atoms with E-state index in [-0.39, 0.29) is 6.04 Å². The Bertz CT molecular complexity index is 307. The van der Waals surface area contributed by atoms with Crippen LogP contribution in [-0.2, 0) is 18.2 Å². The van der Waals surface area contributed by atoms with Crippen molar-refractivity contribution in [3.63, 3.8) is 0 Å². The van der Waals surface area contributed by atoms with Crippen molar-refractivity contribution in [2.75, 3.05) is 13.2 Å². The lowest BCUT2D eigenvalue weighted by Crippen LogP contribution is -2.36. The van der Waals surface area contributed by atoms with Crippen LogP contribution in [0.15, 0.2) is 0 Å². The Morgan fingerprint density at radius 1 is 1.53 bits per heavy atom. The van der Waals surface area contributed by atoms with Crippen LogP contribution in [0.4, 0.5) is 0 Å². The molecule has 1 unspecified atom stereocenters. The molecular formula is C9H17N5O. The molecule has 2 N–H and O–H groups in total. The normalized spacial score (nSPS) is 20.4. The number of aryl methyl sites for hydroxylation is 1. The van der Waals surface area contributed by atoms with E-state index in [4.69, 9.17) is 10.5 Å². The van der Waals surface area contributed by atoms with Crippen LogP contribution in [0.1, 0.15) is 18.7 Å². The van der Waals surface area contributed by atoms with Crippen molar-refractivity contribution in [2.24, 2.45) is 18.7 Å². The van der Waals surface area contributed by atoms with Crippen molar-refractivity contribution in [3.05, 3.63) is 5.82 Å². The Kier molecular flexibility index (Phi) is 3.27. The third-order valence-electron chi connectivity index (χ3n) is 2.84. The van der Waals surface area contributed by atoms with E-state index in [1.807, 2.05) is 0 Å². The molecule has 0 amide bonds. The highest BCUT2D eigenvalue weighted by Crippen LogP contribution is 2.18. The molecule has 0 radical (unpaired) electrons. The number of tetrazole rings is 1. The highest BCUT2D eigenvalue weighted by Gasteiger charge is 2.22. The maximum atomic E-state index is 6.12. The monoisotopic (exact) mass is 211 g/mol. The standard InChI is InChI=1S/C9H17N5O/c1-14-12-9(11-13-14)6-8(10)7-2-4-15-5-3-7/h7-8H,2-6,10H2,1H3. The van der Waals surface area contributed by atoms with E-state index >= 15 is 0 Å². The summed E-state index contributed by atoms with van der Waals surface area (Å²) in [6, 6.07) is 0.123. The average molecular weight is 211 g/mol. The smallest absolute Gasteiger partial charge is 0.176 e. The number of rotatable bonds is 3. The summed E-state index contributed by atoms with van der Waals surface area (Å²) in [5.41, 5.74) is 6.12. The van der Waals surface area contributed by atoms with Crippen LogP contribution in [0.5, 0.6) is 0 Å². The number of nitrogens with two attached hydrogens (primary N) is 1. The number of nitrogens with zero attached hydrogens (tertiary/aromatic N) is 4. The van der Waals surface area contributed by atoms with Gasteiger partial charge in [0.2, 0.25) is 0 Å². The van der Waals surface area contributed by atoms with Gasteiger partial charge < -0.3 is 10.5 Å². The van der Waals surface area contributed by atoms with Gasteiger partial charge in [0.1, 0.15) is 0 Å². The first-order chi connectivity index (χ1) is 7.25. The number of aromatic nitrogens is 4. The first-order valence-electron chi connectivity index (χ1n) is 5.32. The van der Waals surface area contributed by atoms with Crippen LogP contribution in [-0.4, -0.2) is 39.5 Å². The van der Waals surface area contributed by atoms with Gasteiger partial charge in [0.25, 0.3) is 0 Å². The lowest BCUT2D eigenvalue weighted by atomic mass is 9.90. The second kappa shape index (κ2) is 4.67. The topological polar surface area (TPSA) is 78.9 Å². The van der Waals surface area contributed by atoms with E-state index < -0.39 is 0 Å². The molecule has 84 valence electrons. The van der Waals surface area contributed by atoms with Gasteiger partial charge in [-0.2, -0.15) is 4.80 Å². The van der Waals surface area contributed by atoms with Crippen molar-refractivity contribution in [1.82, 2.24) is 20.2 Å². The quantitative estimate of drug-likeness (QED) is 0.729. The zero-order valence-corrected chi connectivity index (χ0v) is 8.96. The molecule has 1 aliphatic heterocycles. The predicted molar refractivity (Wildman–Crippen MR) is 54.0 cm³/mol. The molecule has 1 aromatic rings. The van der Waals surface area contributed by atoms with Crippen LogP contribution < -0.4 is 5.73 Å². The number of ether oxygens (including phenoxy) is 1. The van der Waals surface area contributed by atoms with Crippen molar-refractivity contribution in [1.29, 1.82) is 0 Å². The molecule has 2 rings (SSSR count). The minimum atomic E-state index is 0.123.